The van der Waals surface area contributed by atoms with Crippen molar-refractivity contribution in [2.45, 2.75) is 19.3 Å². The Kier molecular flexibility index (Phi) is 5.29. The van der Waals surface area contributed by atoms with Crippen LogP contribution in [0.15, 0.2) is 24.5 Å². The lowest BCUT2D eigenvalue weighted by Crippen LogP contribution is -2.38. The van der Waals surface area contributed by atoms with Gasteiger partial charge in [0, 0.05) is 25.5 Å². The molecule has 1 aromatic heterocycles. The van der Waals surface area contributed by atoms with E-state index in [4.69, 9.17) is 0 Å². The van der Waals surface area contributed by atoms with Crippen molar-refractivity contribution < 1.29 is 0 Å². The molecule has 0 spiro atoms. The summed E-state index contributed by atoms with van der Waals surface area (Å²) in [5.41, 5.74) is 3.14. The van der Waals surface area contributed by atoms with E-state index >= 15 is 0 Å². The van der Waals surface area contributed by atoms with Crippen LogP contribution >= 0.6 is 0 Å². The molecular formula is C10H19N3. The summed E-state index contributed by atoms with van der Waals surface area (Å²) in [6, 6.07) is 3.89. The minimum absolute atomic E-state index is 1.23. The molecule has 0 unspecified atom stereocenters. The zero-order valence-electron chi connectivity index (χ0n) is 8.29. The Morgan fingerprint density at radius 1 is 1.08 bits per heavy atom. The molecule has 3 nitrogen and oxygen atoms in total. The maximum Gasteiger partial charge on any atom is 0.0130 e. The number of hydrogen-bond donors (Lipinski definition) is 2. The van der Waals surface area contributed by atoms with Gasteiger partial charge in [-0.15, -0.1) is 0 Å². The lowest BCUT2D eigenvalue weighted by Gasteiger charge is -2.24. The molecule has 2 heterocycles. The quantitative estimate of drug-likeness (QED) is 0.690. The van der Waals surface area contributed by atoms with Gasteiger partial charge in [0.25, 0.3) is 0 Å². The van der Waals surface area contributed by atoms with E-state index in [0.29, 0.717) is 0 Å². The van der Waals surface area contributed by atoms with Crippen LogP contribution in [0.2, 0.25) is 0 Å². The summed E-state index contributed by atoms with van der Waals surface area (Å²) in [5, 5.41) is 2.27. The number of rotatable bonds is 1. The van der Waals surface area contributed by atoms with Crippen molar-refractivity contribution in [1.82, 2.24) is 15.4 Å². The summed E-state index contributed by atoms with van der Waals surface area (Å²) in [7, 11) is 1.99. The topological polar surface area (TPSA) is 31.1 Å². The standard InChI is InChI=1S/C6H14N2.C4H5N/c1-7-8-5-3-2-4-6-8;1-2-4-5-3-1/h7H,2-6H2,1H3;1-5H. The second-order valence-corrected chi connectivity index (χ2v) is 3.16. The summed E-state index contributed by atoms with van der Waals surface area (Å²) >= 11 is 0. The highest BCUT2D eigenvalue weighted by atomic mass is 15.5. The highest BCUT2D eigenvalue weighted by molar-refractivity contribution is 4.84. The lowest BCUT2D eigenvalue weighted by molar-refractivity contribution is 0.171. The third-order valence-corrected chi connectivity index (χ3v) is 2.17. The van der Waals surface area contributed by atoms with Gasteiger partial charge in [0.05, 0.1) is 0 Å². The maximum absolute atomic E-state index is 3.14. The normalized spacial score (nSPS) is 17.6. The lowest BCUT2D eigenvalue weighted by atomic mass is 10.2. The van der Waals surface area contributed by atoms with E-state index in [1.54, 1.807) is 0 Å². The van der Waals surface area contributed by atoms with Crippen molar-refractivity contribution in [2.75, 3.05) is 20.1 Å². The number of hydrogen-bond acceptors (Lipinski definition) is 2. The molecule has 74 valence electrons. The first kappa shape index (κ1) is 10.3. The van der Waals surface area contributed by atoms with E-state index in [0.717, 1.165) is 0 Å². The van der Waals surface area contributed by atoms with Crippen molar-refractivity contribution in [3.63, 3.8) is 0 Å². The highest BCUT2D eigenvalue weighted by Crippen LogP contribution is 2.04. The van der Waals surface area contributed by atoms with Crippen LogP contribution in [0.25, 0.3) is 0 Å². The van der Waals surface area contributed by atoms with Crippen LogP contribution in [0.5, 0.6) is 0 Å². The number of hydrazine groups is 1. The van der Waals surface area contributed by atoms with Crippen LogP contribution in [0.1, 0.15) is 19.3 Å². The number of aromatic nitrogens is 1. The van der Waals surface area contributed by atoms with Crippen molar-refractivity contribution in [3.8, 4) is 0 Å². The smallest absolute Gasteiger partial charge is 0.0130 e. The summed E-state index contributed by atoms with van der Waals surface area (Å²) in [4.78, 5) is 2.86. The van der Waals surface area contributed by atoms with Crippen LogP contribution in [0.4, 0.5) is 0 Å². The van der Waals surface area contributed by atoms with E-state index in [-0.39, 0.29) is 0 Å². The molecule has 0 atom stereocenters. The molecule has 1 saturated heterocycles. The average molecular weight is 181 g/mol. The fourth-order valence-corrected chi connectivity index (χ4v) is 1.40. The Morgan fingerprint density at radius 2 is 1.69 bits per heavy atom. The van der Waals surface area contributed by atoms with Crippen LogP contribution in [0.3, 0.4) is 0 Å². The van der Waals surface area contributed by atoms with Gasteiger partial charge in [-0.2, -0.15) is 0 Å². The molecule has 0 saturated carbocycles. The monoisotopic (exact) mass is 181 g/mol. The Hall–Kier alpha value is -0.800. The van der Waals surface area contributed by atoms with E-state index in [1.165, 1.54) is 32.4 Å². The number of nitrogens with one attached hydrogen (secondary N) is 2. The number of H-pyrrole nitrogens is 1. The van der Waals surface area contributed by atoms with Gasteiger partial charge in [0.2, 0.25) is 0 Å². The van der Waals surface area contributed by atoms with Gasteiger partial charge in [-0.05, 0) is 32.0 Å². The third kappa shape index (κ3) is 4.70. The molecule has 0 radical (unpaired) electrons. The van der Waals surface area contributed by atoms with Crippen LogP contribution in [0, 0.1) is 0 Å². The van der Waals surface area contributed by atoms with Crippen molar-refractivity contribution in [2.24, 2.45) is 0 Å². The van der Waals surface area contributed by atoms with E-state index in [9.17, 15) is 0 Å². The molecular weight excluding hydrogens is 162 g/mol. The fraction of sp³-hybridized carbons (Fsp3) is 0.600. The Balaban J connectivity index is 0.000000145. The zero-order valence-corrected chi connectivity index (χ0v) is 8.29. The minimum atomic E-state index is 1.23. The SMILES string of the molecule is CNN1CCCCC1.c1cc[nH]c1. The number of nitrogens with zero attached hydrogens (tertiary/aromatic N) is 1. The molecule has 1 aliphatic rings. The van der Waals surface area contributed by atoms with Crippen molar-refractivity contribution in [1.29, 1.82) is 0 Å². The number of piperidine rings is 1. The van der Waals surface area contributed by atoms with Gasteiger partial charge in [-0.25, -0.2) is 5.01 Å². The van der Waals surface area contributed by atoms with Crippen LogP contribution < -0.4 is 5.43 Å². The highest BCUT2D eigenvalue weighted by Gasteiger charge is 2.05. The zero-order chi connectivity index (χ0) is 9.36. The summed E-state index contributed by atoms with van der Waals surface area (Å²) < 4.78 is 0. The fourth-order valence-electron chi connectivity index (χ4n) is 1.40. The Morgan fingerprint density at radius 3 is 2.00 bits per heavy atom. The molecule has 1 aliphatic heterocycles. The van der Waals surface area contributed by atoms with E-state index in [1.807, 2.05) is 31.6 Å². The van der Waals surface area contributed by atoms with E-state index in [2.05, 4.69) is 15.4 Å². The molecule has 1 aromatic rings. The second-order valence-electron chi connectivity index (χ2n) is 3.16. The summed E-state index contributed by atoms with van der Waals surface area (Å²) in [6.45, 7) is 2.47. The molecule has 0 aliphatic carbocycles. The van der Waals surface area contributed by atoms with Crippen LogP contribution in [-0.4, -0.2) is 30.1 Å². The first-order valence-electron chi connectivity index (χ1n) is 4.93. The van der Waals surface area contributed by atoms with Gasteiger partial charge in [0.15, 0.2) is 0 Å². The second kappa shape index (κ2) is 6.69. The molecule has 1 fully saturated rings. The van der Waals surface area contributed by atoms with Gasteiger partial charge < -0.3 is 4.98 Å². The predicted octanol–water partition coefficient (Wildman–Crippen LogP) is 1.62. The van der Waals surface area contributed by atoms with Gasteiger partial charge in [0.1, 0.15) is 0 Å². The maximum atomic E-state index is 3.14. The van der Waals surface area contributed by atoms with Crippen LogP contribution in [-0.2, 0) is 0 Å². The Bertz CT molecular complexity index is 161. The first-order chi connectivity index (χ1) is 6.43. The third-order valence-electron chi connectivity index (χ3n) is 2.17. The van der Waals surface area contributed by atoms with Gasteiger partial charge in [-0.3, -0.25) is 5.43 Å². The predicted molar refractivity (Wildman–Crippen MR) is 55.3 cm³/mol. The molecule has 0 amide bonds. The first-order valence-corrected chi connectivity index (χ1v) is 4.93. The number of aromatic amines is 1. The molecule has 13 heavy (non-hydrogen) atoms. The molecule has 3 heteroatoms. The molecule has 2 N–H and O–H groups in total. The van der Waals surface area contributed by atoms with Crippen molar-refractivity contribution in [3.05, 3.63) is 24.5 Å². The average Bonchev–Trinajstić information content (AvgIpc) is 2.77. The molecule has 0 bridgehead atoms. The summed E-state index contributed by atoms with van der Waals surface area (Å²) in [5.74, 6) is 0. The molecule has 2 rings (SSSR count). The Labute approximate surface area is 80.1 Å². The van der Waals surface area contributed by atoms with Crippen molar-refractivity contribution >= 4 is 0 Å². The van der Waals surface area contributed by atoms with Gasteiger partial charge >= 0.3 is 0 Å². The summed E-state index contributed by atoms with van der Waals surface area (Å²) in [6.07, 6.45) is 7.89. The minimum Gasteiger partial charge on any atom is -0.368 e. The largest absolute Gasteiger partial charge is 0.368 e. The van der Waals surface area contributed by atoms with Gasteiger partial charge in [-0.1, -0.05) is 6.42 Å². The van der Waals surface area contributed by atoms with E-state index < -0.39 is 0 Å². The molecule has 0 aromatic carbocycles.